The second kappa shape index (κ2) is 6.91. The minimum Gasteiger partial charge on any atom is -0.467 e. The molecule has 1 unspecified atom stereocenters. The van der Waals surface area contributed by atoms with Crippen LogP contribution >= 0.6 is 15.9 Å². The average Bonchev–Trinajstić information content (AvgIpc) is 3.19. The van der Waals surface area contributed by atoms with Gasteiger partial charge in [0.2, 0.25) is 11.8 Å². The van der Waals surface area contributed by atoms with Gasteiger partial charge in [-0.25, -0.2) is 0 Å². The predicted octanol–water partition coefficient (Wildman–Crippen LogP) is 3.89. The van der Waals surface area contributed by atoms with E-state index in [1.807, 2.05) is 42.2 Å². The summed E-state index contributed by atoms with van der Waals surface area (Å²) >= 11 is 3.49. The van der Waals surface area contributed by atoms with Crippen molar-refractivity contribution in [2.75, 3.05) is 11.4 Å². The number of hydrogen-bond acceptors (Lipinski definition) is 3. The molecule has 0 N–H and O–H groups in total. The van der Waals surface area contributed by atoms with E-state index < -0.39 is 0 Å². The summed E-state index contributed by atoms with van der Waals surface area (Å²) in [6, 6.07) is 9.85. The molecule has 6 heteroatoms. The number of hydrogen-bond donors (Lipinski definition) is 0. The second-order valence-corrected chi connectivity index (χ2v) is 7.97. The van der Waals surface area contributed by atoms with E-state index in [2.05, 4.69) is 15.9 Å². The minimum atomic E-state index is -0.290. The number of nitrogens with zero attached hydrogens (tertiary/aromatic N) is 2. The van der Waals surface area contributed by atoms with E-state index >= 15 is 0 Å². The molecule has 0 radical (unpaired) electrons. The summed E-state index contributed by atoms with van der Waals surface area (Å²) in [7, 11) is 0. The zero-order valence-electron chi connectivity index (χ0n) is 14.7. The summed E-state index contributed by atoms with van der Waals surface area (Å²) < 4.78 is 6.43. The first-order chi connectivity index (χ1) is 12.5. The Morgan fingerprint density at radius 1 is 1.35 bits per heavy atom. The Morgan fingerprint density at radius 3 is 2.81 bits per heavy atom. The van der Waals surface area contributed by atoms with E-state index in [-0.39, 0.29) is 30.2 Å². The summed E-state index contributed by atoms with van der Waals surface area (Å²) in [5, 5.41) is 0. The molecule has 2 aromatic rings. The van der Waals surface area contributed by atoms with Crippen molar-refractivity contribution in [2.45, 2.75) is 38.8 Å². The fourth-order valence-corrected chi connectivity index (χ4v) is 3.74. The van der Waals surface area contributed by atoms with Crippen LogP contribution in [-0.2, 0) is 16.1 Å². The number of aryl methyl sites for hydroxylation is 1. The van der Waals surface area contributed by atoms with Crippen molar-refractivity contribution in [3.8, 4) is 0 Å². The highest BCUT2D eigenvalue weighted by Gasteiger charge is 2.41. The summed E-state index contributed by atoms with van der Waals surface area (Å²) in [6.07, 6.45) is 3.96. The lowest BCUT2D eigenvalue weighted by molar-refractivity contribution is -0.137. The van der Waals surface area contributed by atoms with Gasteiger partial charge in [-0.05, 0) is 55.7 Å². The fourth-order valence-electron chi connectivity index (χ4n) is 3.50. The van der Waals surface area contributed by atoms with Gasteiger partial charge in [0.05, 0.1) is 18.7 Å². The van der Waals surface area contributed by atoms with Crippen LogP contribution in [0.5, 0.6) is 0 Å². The van der Waals surface area contributed by atoms with Crippen LogP contribution in [-0.4, -0.2) is 29.3 Å². The van der Waals surface area contributed by atoms with Gasteiger partial charge in [-0.1, -0.05) is 15.9 Å². The Morgan fingerprint density at radius 2 is 2.15 bits per heavy atom. The number of anilines is 1. The number of rotatable bonds is 5. The van der Waals surface area contributed by atoms with Crippen molar-refractivity contribution in [3.05, 3.63) is 52.4 Å². The number of amides is 2. The highest BCUT2D eigenvalue weighted by Crippen LogP contribution is 2.34. The van der Waals surface area contributed by atoms with Crippen LogP contribution in [0.4, 0.5) is 5.69 Å². The summed E-state index contributed by atoms with van der Waals surface area (Å²) in [5.41, 5.74) is 1.93. The van der Waals surface area contributed by atoms with Gasteiger partial charge in [-0.15, -0.1) is 0 Å². The van der Waals surface area contributed by atoms with E-state index in [0.29, 0.717) is 13.1 Å². The van der Waals surface area contributed by atoms with Crippen molar-refractivity contribution in [2.24, 2.45) is 5.92 Å². The van der Waals surface area contributed by atoms with Gasteiger partial charge in [0.25, 0.3) is 0 Å². The summed E-state index contributed by atoms with van der Waals surface area (Å²) in [4.78, 5) is 29.3. The van der Waals surface area contributed by atoms with E-state index in [4.69, 9.17) is 4.42 Å². The molecule has 1 aromatic heterocycles. The fraction of sp³-hybridized carbons (Fsp3) is 0.400. The molecule has 1 aromatic carbocycles. The SMILES string of the molecule is Cc1cc(N2CC(C(=O)N(Cc3ccco3)C3CC3)CC2=O)ccc1Br. The maximum absolute atomic E-state index is 13.1. The van der Waals surface area contributed by atoms with Crippen LogP contribution in [0.2, 0.25) is 0 Å². The highest BCUT2D eigenvalue weighted by molar-refractivity contribution is 9.10. The molecule has 1 aliphatic carbocycles. The van der Waals surface area contributed by atoms with Gasteiger partial charge in [0, 0.05) is 29.2 Å². The zero-order chi connectivity index (χ0) is 18.3. The molecule has 1 saturated carbocycles. The van der Waals surface area contributed by atoms with Crippen LogP contribution in [0.15, 0.2) is 45.5 Å². The Hall–Kier alpha value is -2.08. The molecule has 136 valence electrons. The number of benzene rings is 1. The van der Waals surface area contributed by atoms with Crippen LogP contribution in [0.1, 0.15) is 30.6 Å². The van der Waals surface area contributed by atoms with E-state index in [1.165, 1.54) is 0 Å². The summed E-state index contributed by atoms with van der Waals surface area (Å²) in [6.45, 7) is 2.92. The van der Waals surface area contributed by atoms with E-state index in [9.17, 15) is 9.59 Å². The number of carbonyl (C=O) groups excluding carboxylic acids is 2. The maximum Gasteiger partial charge on any atom is 0.228 e. The van der Waals surface area contributed by atoms with Gasteiger partial charge < -0.3 is 14.2 Å². The molecule has 2 aliphatic rings. The molecule has 1 aliphatic heterocycles. The van der Waals surface area contributed by atoms with Crippen LogP contribution in [0.25, 0.3) is 0 Å². The van der Waals surface area contributed by atoms with Gasteiger partial charge in [-0.2, -0.15) is 0 Å². The van der Waals surface area contributed by atoms with Gasteiger partial charge in [-0.3, -0.25) is 9.59 Å². The second-order valence-electron chi connectivity index (χ2n) is 7.12. The Kier molecular flexibility index (Phi) is 4.61. The van der Waals surface area contributed by atoms with Crippen molar-refractivity contribution < 1.29 is 14.0 Å². The van der Waals surface area contributed by atoms with Gasteiger partial charge in [0.1, 0.15) is 5.76 Å². The molecule has 5 nitrogen and oxygen atoms in total. The lowest BCUT2D eigenvalue weighted by Crippen LogP contribution is -2.38. The molecule has 0 bridgehead atoms. The van der Waals surface area contributed by atoms with Crippen molar-refractivity contribution in [1.29, 1.82) is 0 Å². The predicted molar refractivity (Wildman–Crippen MR) is 102 cm³/mol. The third-order valence-corrected chi connectivity index (χ3v) is 5.99. The Balaban J connectivity index is 1.49. The standard InChI is InChI=1S/C20H21BrN2O3/c1-13-9-16(6-7-18(13)21)22-11-14(10-19(22)24)20(25)23(15-4-5-15)12-17-3-2-8-26-17/h2-3,6-9,14-15H,4-5,10-12H2,1H3. The van der Waals surface area contributed by atoms with Gasteiger partial charge >= 0.3 is 0 Å². The Labute approximate surface area is 161 Å². The third kappa shape index (κ3) is 3.43. The molecular weight excluding hydrogens is 396 g/mol. The number of furan rings is 1. The van der Waals surface area contributed by atoms with Crippen LogP contribution in [0.3, 0.4) is 0 Å². The molecular formula is C20H21BrN2O3. The van der Waals surface area contributed by atoms with E-state index in [0.717, 1.165) is 34.3 Å². The first-order valence-electron chi connectivity index (χ1n) is 8.92. The highest BCUT2D eigenvalue weighted by atomic mass is 79.9. The molecule has 2 amide bonds. The van der Waals surface area contributed by atoms with Crippen molar-refractivity contribution in [1.82, 2.24) is 4.90 Å². The number of halogens is 1. The molecule has 2 fully saturated rings. The normalized spacial score (nSPS) is 19.8. The first-order valence-corrected chi connectivity index (χ1v) is 9.71. The van der Waals surface area contributed by atoms with Crippen molar-refractivity contribution >= 4 is 33.4 Å². The summed E-state index contributed by atoms with van der Waals surface area (Å²) in [5.74, 6) is 0.574. The minimum absolute atomic E-state index is 0.0128. The van der Waals surface area contributed by atoms with Crippen molar-refractivity contribution in [3.63, 3.8) is 0 Å². The Bertz CT molecular complexity index is 830. The lowest BCUT2D eigenvalue weighted by Gasteiger charge is -2.25. The zero-order valence-corrected chi connectivity index (χ0v) is 16.2. The lowest BCUT2D eigenvalue weighted by atomic mass is 10.1. The first kappa shape index (κ1) is 17.3. The number of carbonyl (C=O) groups is 2. The molecule has 1 saturated heterocycles. The van der Waals surface area contributed by atoms with Crippen LogP contribution < -0.4 is 4.90 Å². The van der Waals surface area contributed by atoms with Crippen LogP contribution in [0, 0.1) is 12.8 Å². The average molecular weight is 417 g/mol. The van der Waals surface area contributed by atoms with E-state index in [1.54, 1.807) is 11.2 Å². The smallest absolute Gasteiger partial charge is 0.228 e. The molecule has 26 heavy (non-hydrogen) atoms. The molecule has 1 atom stereocenters. The quantitative estimate of drug-likeness (QED) is 0.742. The largest absolute Gasteiger partial charge is 0.467 e. The third-order valence-electron chi connectivity index (χ3n) is 5.10. The molecule has 4 rings (SSSR count). The van der Waals surface area contributed by atoms with Gasteiger partial charge in [0.15, 0.2) is 0 Å². The molecule has 0 spiro atoms. The monoisotopic (exact) mass is 416 g/mol. The maximum atomic E-state index is 13.1. The topological polar surface area (TPSA) is 53.8 Å². The molecule has 2 heterocycles.